The van der Waals surface area contributed by atoms with Crippen molar-refractivity contribution < 1.29 is 0 Å². The monoisotopic (exact) mass is 287 g/mol. The minimum Gasteiger partial charge on any atom is -0.371 e. The van der Waals surface area contributed by atoms with E-state index in [0.717, 1.165) is 31.5 Å². The highest BCUT2D eigenvalue weighted by Gasteiger charge is 2.32. The number of fused-ring (bicyclic) bond motifs is 1. The lowest BCUT2D eigenvalue weighted by Crippen LogP contribution is -2.51. The molecule has 1 aromatic rings. The van der Waals surface area contributed by atoms with E-state index in [2.05, 4.69) is 48.0 Å². The molecule has 1 saturated carbocycles. The third kappa shape index (κ3) is 2.89. The molecule has 1 atom stereocenters. The van der Waals surface area contributed by atoms with Gasteiger partial charge in [0.15, 0.2) is 0 Å². The van der Waals surface area contributed by atoms with Gasteiger partial charge in [0.05, 0.1) is 11.4 Å². The quantitative estimate of drug-likeness (QED) is 0.927. The first-order valence-electron chi connectivity index (χ1n) is 8.47. The van der Waals surface area contributed by atoms with Gasteiger partial charge in [0.1, 0.15) is 0 Å². The summed E-state index contributed by atoms with van der Waals surface area (Å²) >= 11 is 0. The molecule has 0 radical (unpaired) electrons. The fourth-order valence-electron chi connectivity index (χ4n) is 4.12. The van der Waals surface area contributed by atoms with Gasteiger partial charge in [-0.05, 0) is 36.8 Å². The maximum absolute atomic E-state index is 6.21. The number of rotatable bonds is 3. The van der Waals surface area contributed by atoms with Crippen LogP contribution in [0.25, 0.3) is 0 Å². The van der Waals surface area contributed by atoms with Crippen molar-refractivity contribution in [1.82, 2.24) is 0 Å². The number of nitrogens with two attached hydrogens (primary N) is 1. The van der Waals surface area contributed by atoms with E-state index < -0.39 is 0 Å². The molecule has 0 amide bonds. The molecule has 2 aliphatic rings. The number of para-hydroxylation sites is 2. The standard InChI is InChI=1S/C18H29N3/c1-14-7-9-15(10-8-14)18(13-19)21-12-11-20(2)16-5-3-4-6-17(16)21/h3-6,14-15,18H,7-13,19H2,1-2H3. The molecular weight excluding hydrogens is 258 g/mol. The van der Waals surface area contributed by atoms with E-state index in [-0.39, 0.29) is 0 Å². The van der Waals surface area contributed by atoms with Crippen LogP contribution in [0, 0.1) is 11.8 Å². The highest BCUT2D eigenvalue weighted by Crippen LogP contribution is 2.38. The van der Waals surface area contributed by atoms with E-state index in [4.69, 9.17) is 5.73 Å². The lowest BCUT2D eigenvalue weighted by Gasteiger charge is -2.45. The molecule has 3 heteroatoms. The van der Waals surface area contributed by atoms with Gasteiger partial charge in [0.25, 0.3) is 0 Å². The van der Waals surface area contributed by atoms with Crippen LogP contribution in [0.1, 0.15) is 32.6 Å². The summed E-state index contributed by atoms with van der Waals surface area (Å²) < 4.78 is 0. The summed E-state index contributed by atoms with van der Waals surface area (Å²) in [6.45, 7) is 5.36. The van der Waals surface area contributed by atoms with E-state index >= 15 is 0 Å². The van der Waals surface area contributed by atoms with Crippen LogP contribution in [-0.2, 0) is 0 Å². The predicted molar refractivity (Wildman–Crippen MR) is 91.0 cm³/mol. The second-order valence-corrected chi connectivity index (χ2v) is 6.93. The summed E-state index contributed by atoms with van der Waals surface area (Å²) in [7, 11) is 2.19. The van der Waals surface area contributed by atoms with Gasteiger partial charge >= 0.3 is 0 Å². The Labute approximate surface area is 129 Å². The number of anilines is 2. The van der Waals surface area contributed by atoms with Crippen molar-refractivity contribution in [3.8, 4) is 0 Å². The molecule has 1 aromatic carbocycles. The Bertz CT molecular complexity index is 465. The average Bonchev–Trinajstić information content (AvgIpc) is 2.52. The van der Waals surface area contributed by atoms with E-state index in [9.17, 15) is 0 Å². The maximum Gasteiger partial charge on any atom is 0.0607 e. The van der Waals surface area contributed by atoms with Crippen LogP contribution in [0.5, 0.6) is 0 Å². The van der Waals surface area contributed by atoms with Crippen LogP contribution in [-0.4, -0.2) is 32.7 Å². The molecule has 21 heavy (non-hydrogen) atoms. The van der Waals surface area contributed by atoms with Crippen molar-refractivity contribution in [3.05, 3.63) is 24.3 Å². The number of benzene rings is 1. The Balaban J connectivity index is 1.83. The molecule has 1 fully saturated rings. The number of likely N-dealkylation sites (N-methyl/N-ethyl adjacent to an activating group) is 1. The first-order chi connectivity index (χ1) is 10.2. The first-order valence-corrected chi connectivity index (χ1v) is 8.47. The third-order valence-electron chi connectivity index (χ3n) is 5.53. The molecule has 1 unspecified atom stereocenters. The van der Waals surface area contributed by atoms with E-state index in [1.807, 2.05) is 0 Å². The molecule has 0 aromatic heterocycles. The molecule has 0 bridgehead atoms. The lowest BCUT2D eigenvalue weighted by atomic mass is 9.78. The lowest BCUT2D eigenvalue weighted by molar-refractivity contribution is 0.249. The molecule has 0 spiro atoms. The molecule has 3 rings (SSSR count). The number of nitrogens with zero attached hydrogens (tertiary/aromatic N) is 2. The second kappa shape index (κ2) is 6.27. The SMILES string of the molecule is CC1CCC(C(CN)N2CCN(C)c3ccccc32)CC1. The zero-order chi connectivity index (χ0) is 14.8. The Morgan fingerprint density at radius 2 is 1.76 bits per heavy atom. The summed E-state index contributed by atoms with van der Waals surface area (Å²) in [6, 6.07) is 9.30. The van der Waals surface area contributed by atoms with Crippen molar-refractivity contribution in [2.75, 3.05) is 36.5 Å². The highest BCUT2D eigenvalue weighted by atomic mass is 15.3. The topological polar surface area (TPSA) is 32.5 Å². The van der Waals surface area contributed by atoms with Gasteiger partial charge in [-0.1, -0.05) is 31.9 Å². The van der Waals surface area contributed by atoms with Crippen LogP contribution in [0.15, 0.2) is 24.3 Å². The predicted octanol–water partition coefficient (Wildman–Crippen LogP) is 3.10. The summed E-state index contributed by atoms with van der Waals surface area (Å²) in [5.74, 6) is 1.67. The Morgan fingerprint density at radius 1 is 1.10 bits per heavy atom. The molecule has 0 saturated heterocycles. The minimum absolute atomic E-state index is 0.507. The molecule has 2 N–H and O–H groups in total. The van der Waals surface area contributed by atoms with Crippen molar-refractivity contribution >= 4 is 11.4 Å². The molecule has 116 valence electrons. The molecule has 1 heterocycles. The molecule has 1 aliphatic carbocycles. The fraction of sp³-hybridized carbons (Fsp3) is 0.667. The normalized spacial score (nSPS) is 27.4. The fourth-order valence-corrected chi connectivity index (χ4v) is 4.12. The largest absolute Gasteiger partial charge is 0.371 e. The van der Waals surface area contributed by atoms with Gasteiger partial charge in [0, 0.05) is 32.7 Å². The Hall–Kier alpha value is -1.22. The van der Waals surface area contributed by atoms with E-state index in [1.165, 1.54) is 37.1 Å². The summed E-state index contributed by atoms with van der Waals surface area (Å²) in [5, 5.41) is 0. The summed E-state index contributed by atoms with van der Waals surface area (Å²) in [4.78, 5) is 4.96. The third-order valence-corrected chi connectivity index (χ3v) is 5.53. The zero-order valence-electron chi connectivity index (χ0n) is 13.5. The minimum atomic E-state index is 0.507. The van der Waals surface area contributed by atoms with Gasteiger partial charge < -0.3 is 15.5 Å². The van der Waals surface area contributed by atoms with Crippen molar-refractivity contribution in [3.63, 3.8) is 0 Å². The van der Waals surface area contributed by atoms with E-state index in [1.54, 1.807) is 0 Å². The van der Waals surface area contributed by atoms with Crippen molar-refractivity contribution in [2.24, 2.45) is 17.6 Å². The Kier molecular flexibility index (Phi) is 4.39. The van der Waals surface area contributed by atoms with Crippen LogP contribution >= 0.6 is 0 Å². The summed E-state index contributed by atoms with van der Waals surface area (Å²) in [5.41, 5.74) is 8.93. The second-order valence-electron chi connectivity index (χ2n) is 6.93. The first kappa shape index (κ1) is 14.7. The van der Waals surface area contributed by atoms with Crippen LogP contribution in [0.2, 0.25) is 0 Å². The Morgan fingerprint density at radius 3 is 2.43 bits per heavy atom. The van der Waals surface area contributed by atoms with Crippen molar-refractivity contribution in [1.29, 1.82) is 0 Å². The smallest absolute Gasteiger partial charge is 0.0607 e. The highest BCUT2D eigenvalue weighted by molar-refractivity contribution is 5.73. The van der Waals surface area contributed by atoms with E-state index in [0.29, 0.717) is 6.04 Å². The van der Waals surface area contributed by atoms with Gasteiger partial charge in [-0.15, -0.1) is 0 Å². The van der Waals surface area contributed by atoms with Crippen molar-refractivity contribution in [2.45, 2.75) is 38.6 Å². The van der Waals surface area contributed by atoms with Gasteiger partial charge in [-0.25, -0.2) is 0 Å². The average molecular weight is 287 g/mol. The number of hydrogen-bond acceptors (Lipinski definition) is 3. The van der Waals surface area contributed by atoms with Gasteiger partial charge in [0.2, 0.25) is 0 Å². The molecule has 3 nitrogen and oxygen atoms in total. The number of hydrogen-bond donors (Lipinski definition) is 1. The van der Waals surface area contributed by atoms with Crippen LogP contribution in [0.3, 0.4) is 0 Å². The maximum atomic E-state index is 6.21. The molecule has 1 aliphatic heterocycles. The summed E-state index contributed by atoms with van der Waals surface area (Å²) in [6.07, 6.45) is 5.43. The zero-order valence-corrected chi connectivity index (χ0v) is 13.5. The molecular formula is C18H29N3. The van der Waals surface area contributed by atoms with Crippen LogP contribution in [0.4, 0.5) is 11.4 Å². The van der Waals surface area contributed by atoms with Gasteiger partial charge in [-0.3, -0.25) is 0 Å². The van der Waals surface area contributed by atoms with Gasteiger partial charge in [-0.2, -0.15) is 0 Å². The van der Waals surface area contributed by atoms with Crippen LogP contribution < -0.4 is 15.5 Å².